The Morgan fingerprint density at radius 2 is 1.96 bits per heavy atom. The van der Waals surface area contributed by atoms with E-state index in [4.69, 9.17) is 0 Å². The summed E-state index contributed by atoms with van der Waals surface area (Å²) in [5, 5.41) is 15.5. The van der Waals surface area contributed by atoms with E-state index < -0.39 is 10.0 Å². The Morgan fingerprint density at radius 3 is 2.59 bits per heavy atom. The van der Waals surface area contributed by atoms with Gasteiger partial charge in [-0.15, -0.1) is 0 Å². The highest BCUT2D eigenvalue weighted by atomic mass is 32.2. The summed E-state index contributed by atoms with van der Waals surface area (Å²) >= 11 is 0. The third-order valence-corrected chi connectivity index (χ3v) is 4.85. The number of sulfonamides is 1. The van der Waals surface area contributed by atoms with Gasteiger partial charge in [0, 0.05) is 18.5 Å². The van der Waals surface area contributed by atoms with Crippen LogP contribution < -0.4 is 4.72 Å². The Balaban J connectivity index is 1.93. The van der Waals surface area contributed by atoms with Crippen molar-refractivity contribution >= 4 is 27.3 Å². The van der Waals surface area contributed by atoms with Gasteiger partial charge in [0.15, 0.2) is 0 Å². The van der Waals surface area contributed by atoms with Crippen molar-refractivity contribution < 1.29 is 18.3 Å². The fourth-order valence-corrected chi connectivity index (χ4v) is 3.56. The third kappa shape index (κ3) is 4.46. The zero-order valence-corrected chi connectivity index (χ0v) is 15.9. The molecule has 0 spiro atoms. The molecular weight excluding hydrogens is 366 g/mol. The maximum Gasteiger partial charge on any atom is 0.242 e. The molecule has 1 heterocycles. The van der Waals surface area contributed by atoms with Crippen LogP contribution in [0.25, 0.3) is 0 Å². The highest BCUT2D eigenvalue weighted by molar-refractivity contribution is 7.92. The lowest BCUT2D eigenvalue weighted by Crippen LogP contribution is -2.26. The lowest BCUT2D eigenvalue weighted by Gasteiger charge is -2.21. The van der Waals surface area contributed by atoms with E-state index >= 15 is 0 Å². The van der Waals surface area contributed by atoms with Crippen LogP contribution in [0.1, 0.15) is 36.9 Å². The highest BCUT2D eigenvalue weighted by Crippen LogP contribution is 2.34. The van der Waals surface area contributed by atoms with Crippen molar-refractivity contribution in [2.45, 2.75) is 25.8 Å². The Labute approximate surface area is 158 Å². The maximum atomic E-state index is 12.4. The highest BCUT2D eigenvalue weighted by Gasteiger charge is 2.32. The van der Waals surface area contributed by atoms with Crippen LogP contribution in [-0.4, -0.2) is 36.4 Å². The average molecular weight is 387 g/mol. The number of hydrazone groups is 1. The standard InChI is InChI=1S/C19H21N3O4S/c1-3-19(24)22-18(13-7-9-16(23)10-8-13)12-17(20-22)14-5-4-6-15(11-14)21-27(2,25)26/h4-11,18,21,23H,3,12H2,1-2H3/t18-/m1/s1. The molecule has 0 radical (unpaired) electrons. The first kappa shape index (κ1) is 18.9. The van der Waals surface area contributed by atoms with E-state index in [-0.39, 0.29) is 17.7 Å². The Hall–Kier alpha value is -2.87. The van der Waals surface area contributed by atoms with Gasteiger partial charge in [0.1, 0.15) is 5.75 Å². The van der Waals surface area contributed by atoms with E-state index in [0.717, 1.165) is 17.4 Å². The van der Waals surface area contributed by atoms with Crippen LogP contribution in [0.15, 0.2) is 53.6 Å². The van der Waals surface area contributed by atoms with Gasteiger partial charge in [0.05, 0.1) is 18.0 Å². The normalized spacial score (nSPS) is 16.9. The van der Waals surface area contributed by atoms with Gasteiger partial charge in [-0.1, -0.05) is 31.2 Å². The summed E-state index contributed by atoms with van der Waals surface area (Å²) < 4.78 is 25.4. The van der Waals surface area contributed by atoms with E-state index in [1.807, 2.05) is 6.07 Å². The van der Waals surface area contributed by atoms with Gasteiger partial charge >= 0.3 is 0 Å². The summed E-state index contributed by atoms with van der Waals surface area (Å²) in [6.07, 6.45) is 1.91. The number of carbonyl (C=O) groups is 1. The molecule has 0 unspecified atom stereocenters. The lowest BCUT2D eigenvalue weighted by atomic mass is 9.98. The van der Waals surface area contributed by atoms with Gasteiger partial charge in [-0.2, -0.15) is 5.10 Å². The first-order valence-electron chi connectivity index (χ1n) is 8.53. The Kier molecular flexibility index (Phi) is 5.18. The number of benzene rings is 2. The van der Waals surface area contributed by atoms with Gasteiger partial charge in [0.2, 0.25) is 15.9 Å². The number of phenolic OH excluding ortho intramolecular Hbond substituents is 1. The zero-order valence-electron chi connectivity index (χ0n) is 15.1. The maximum absolute atomic E-state index is 12.4. The Morgan fingerprint density at radius 1 is 1.26 bits per heavy atom. The van der Waals surface area contributed by atoms with E-state index in [1.54, 1.807) is 49.4 Å². The molecule has 2 aromatic carbocycles. The molecule has 0 saturated carbocycles. The van der Waals surface area contributed by atoms with Gasteiger partial charge in [0.25, 0.3) is 0 Å². The SMILES string of the molecule is CCC(=O)N1N=C(c2cccc(NS(C)(=O)=O)c2)C[C@@H]1c1ccc(O)cc1. The molecule has 1 aliphatic heterocycles. The van der Waals surface area contributed by atoms with Crippen molar-refractivity contribution in [3.8, 4) is 5.75 Å². The van der Waals surface area contributed by atoms with Gasteiger partial charge in [-0.05, 0) is 35.4 Å². The molecule has 8 heteroatoms. The van der Waals surface area contributed by atoms with Crippen LogP contribution in [0.2, 0.25) is 0 Å². The van der Waals surface area contributed by atoms with Crippen LogP contribution in [0, 0.1) is 0 Å². The quantitative estimate of drug-likeness (QED) is 0.824. The molecule has 1 aliphatic rings. The van der Waals surface area contributed by atoms with Crippen molar-refractivity contribution in [2.24, 2.45) is 5.10 Å². The summed E-state index contributed by atoms with van der Waals surface area (Å²) in [5.74, 6) is 0.0549. The largest absolute Gasteiger partial charge is 0.508 e. The van der Waals surface area contributed by atoms with Crippen LogP contribution in [0.5, 0.6) is 5.75 Å². The number of amides is 1. The second-order valence-corrected chi connectivity index (χ2v) is 8.15. The van der Waals surface area contributed by atoms with E-state index in [2.05, 4.69) is 9.82 Å². The minimum absolute atomic E-state index is 0.103. The number of hydrogen-bond donors (Lipinski definition) is 2. The molecule has 0 fully saturated rings. The van der Waals surface area contributed by atoms with Crippen molar-refractivity contribution in [3.63, 3.8) is 0 Å². The van der Waals surface area contributed by atoms with Gasteiger partial charge in [-0.3, -0.25) is 9.52 Å². The molecule has 2 N–H and O–H groups in total. The summed E-state index contributed by atoms with van der Waals surface area (Å²) in [7, 11) is -3.38. The molecule has 27 heavy (non-hydrogen) atoms. The number of rotatable bonds is 5. The fraction of sp³-hybridized carbons (Fsp3) is 0.263. The second kappa shape index (κ2) is 7.40. The molecule has 7 nitrogen and oxygen atoms in total. The van der Waals surface area contributed by atoms with Crippen molar-refractivity contribution in [2.75, 3.05) is 11.0 Å². The van der Waals surface area contributed by atoms with Crippen molar-refractivity contribution in [1.29, 1.82) is 0 Å². The van der Waals surface area contributed by atoms with Crippen molar-refractivity contribution in [1.82, 2.24) is 5.01 Å². The fourth-order valence-electron chi connectivity index (χ4n) is 3.01. The number of carbonyl (C=O) groups excluding carboxylic acids is 1. The summed E-state index contributed by atoms with van der Waals surface area (Å²) in [5.41, 5.74) is 2.77. The molecule has 142 valence electrons. The smallest absolute Gasteiger partial charge is 0.242 e. The van der Waals surface area contributed by atoms with Crippen LogP contribution in [0.4, 0.5) is 5.69 Å². The lowest BCUT2D eigenvalue weighted by molar-refractivity contribution is -0.132. The number of phenols is 1. The Bertz CT molecular complexity index is 984. The molecule has 0 aromatic heterocycles. The number of anilines is 1. The number of hydrogen-bond acceptors (Lipinski definition) is 5. The molecule has 2 aromatic rings. The minimum atomic E-state index is -3.38. The first-order valence-corrected chi connectivity index (χ1v) is 10.4. The molecule has 1 atom stereocenters. The predicted octanol–water partition coefficient (Wildman–Crippen LogP) is 2.85. The summed E-state index contributed by atoms with van der Waals surface area (Å²) in [4.78, 5) is 12.4. The number of aromatic hydroxyl groups is 1. The average Bonchev–Trinajstić information content (AvgIpc) is 3.06. The third-order valence-electron chi connectivity index (χ3n) is 4.25. The van der Waals surface area contributed by atoms with Gasteiger partial charge < -0.3 is 5.11 Å². The zero-order chi connectivity index (χ0) is 19.6. The molecule has 0 bridgehead atoms. The number of nitrogens with zero attached hydrogens (tertiary/aromatic N) is 2. The minimum Gasteiger partial charge on any atom is -0.508 e. The van der Waals surface area contributed by atoms with Crippen LogP contribution in [-0.2, 0) is 14.8 Å². The van der Waals surface area contributed by atoms with Crippen LogP contribution in [0.3, 0.4) is 0 Å². The molecular formula is C19H21N3O4S. The summed E-state index contributed by atoms with van der Waals surface area (Å²) in [6, 6.07) is 13.4. The van der Waals surface area contributed by atoms with Gasteiger partial charge in [-0.25, -0.2) is 13.4 Å². The van der Waals surface area contributed by atoms with E-state index in [0.29, 0.717) is 24.2 Å². The molecule has 0 aliphatic carbocycles. The topological polar surface area (TPSA) is 99.1 Å². The monoisotopic (exact) mass is 387 g/mol. The van der Waals surface area contributed by atoms with E-state index in [9.17, 15) is 18.3 Å². The first-order chi connectivity index (χ1) is 12.8. The van der Waals surface area contributed by atoms with Crippen molar-refractivity contribution in [3.05, 3.63) is 59.7 Å². The van der Waals surface area contributed by atoms with Crippen LogP contribution >= 0.6 is 0 Å². The molecule has 3 rings (SSSR count). The van der Waals surface area contributed by atoms with E-state index in [1.165, 1.54) is 5.01 Å². The second-order valence-electron chi connectivity index (χ2n) is 6.41. The number of nitrogens with one attached hydrogen (secondary N) is 1. The molecule has 0 saturated heterocycles. The predicted molar refractivity (Wildman–Crippen MR) is 104 cm³/mol. The summed E-state index contributed by atoms with van der Waals surface area (Å²) in [6.45, 7) is 1.78. The molecule has 1 amide bonds.